The number of carbonyl (C=O) groups is 2. The molecule has 0 fully saturated rings. The highest BCUT2D eigenvalue weighted by atomic mass is 35.5. The van der Waals surface area contributed by atoms with Gasteiger partial charge in [-0.2, -0.15) is 0 Å². The predicted molar refractivity (Wildman–Crippen MR) is 115 cm³/mol. The van der Waals surface area contributed by atoms with Gasteiger partial charge in [0.25, 0.3) is 5.91 Å². The Kier molecular flexibility index (Phi) is 9.44. The molecule has 0 aliphatic heterocycles. The summed E-state index contributed by atoms with van der Waals surface area (Å²) in [7, 11) is 0. The molecule has 1 heterocycles. The Balaban J connectivity index is 2.05. The van der Waals surface area contributed by atoms with E-state index in [0.29, 0.717) is 25.3 Å². The maximum atomic E-state index is 13.0. The van der Waals surface area contributed by atoms with Gasteiger partial charge in [0.05, 0.1) is 6.54 Å². The number of hydrogen-bond donors (Lipinski definition) is 1. The summed E-state index contributed by atoms with van der Waals surface area (Å²) in [6.45, 7) is 5.79. The summed E-state index contributed by atoms with van der Waals surface area (Å²) in [5.74, 6) is -0.299. The van der Waals surface area contributed by atoms with Crippen LogP contribution in [-0.2, 0) is 11.3 Å². The lowest BCUT2D eigenvalue weighted by Gasteiger charge is -2.24. The number of unbranched alkanes of at least 4 members (excludes halogenated alkanes) is 2. The molecule has 0 bridgehead atoms. The molecule has 2 aromatic rings. The molecule has 0 spiro atoms. The molecule has 28 heavy (non-hydrogen) atoms. The predicted octanol–water partition coefficient (Wildman–Crippen LogP) is 4.78. The quantitative estimate of drug-likeness (QED) is 0.419. The smallest absolute Gasteiger partial charge is 0.270 e. The molecule has 5 nitrogen and oxygen atoms in total. The normalized spacial score (nSPS) is 11.8. The molecule has 0 unspecified atom stereocenters. The molecule has 7 heteroatoms. The van der Waals surface area contributed by atoms with E-state index in [0.717, 1.165) is 36.3 Å². The molecule has 2 amide bonds. The molecule has 1 atom stereocenters. The Morgan fingerprint density at radius 2 is 1.89 bits per heavy atom. The van der Waals surface area contributed by atoms with E-state index in [1.165, 1.54) is 11.3 Å². The maximum Gasteiger partial charge on any atom is 0.270 e. The SMILES string of the molecule is CCCCNC(=O)c1csc(CN(CCCC)C(=O)[C@H](Cl)c2ccccc2)n1. The van der Waals surface area contributed by atoms with Gasteiger partial charge < -0.3 is 10.2 Å². The van der Waals surface area contributed by atoms with Crippen molar-refractivity contribution in [2.75, 3.05) is 13.1 Å². The number of halogens is 1. The Hall–Kier alpha value is -1.92. The van der Waals surface area contributed by atoms with Gasteiger partial charge in [0, 0.05) is 18.5 Å². The van der Waals surface area contributed by atoms with Crippen molar-refractivity contribution < 1.29 is 9.59 Å². The van der Waals surface area contributed by atoms with Crippen LogP contribution in [0, 0.1) is 0 Å². The molecule has 0 saturated carbocycles. The van der Waals surface area contributed by atoms with Gasteiger partial charge in [0.1, 0.15) is 16.1 Å². The van der Waals surface area contributed by atoms with Crippen LogP contribution < -0.4 is 5.32 Å². The third-order valence-electron chi connectivity index (χ3n) is 4.33. The Labute approximate surface area is 176 Å². The van der Waals surface area contributed by atoms with Crippen molar-refractivity contribution in [1.82, 2.24) is 15.2 Å². The van der Waals surface area contributed by atoms with Crippen LogP contribution >= 0.6 is 22.9 Å². The van der Waals surface area contributed by atoms with Crippen molar-refractivity contribution in [3.63, 3.8) is 0 Å². The third kappa shape index (κ3) is 6.60. The Morgan fingerprint density at radius 1 is 1.18 bits per heavy atom. The van der Waals surface area contributed by atoms with E-state index in [4.69, 9.17) is 11.6 Å². The van der Waals surface area contributed by atoms with Gasteiger partial charge in [-0.05, 0) is 18.4 Å². The van der Waals surface area contributed by atoms with Gasteiger partial charge in [-0.3, -0.25) is 9.59 Å². The van der Waals surface area contributed by atoms with E-state index in [1.54, 1.807) is 10.3 Å². The average Bonchev–Trinajstić information content (AvgIpc) is 3.19. The lowest BCUT2D eigenvalue weighted by molar-refractivity contribution is -0.131. The highest BCUT2D eigenvalue weighted by Crippen LogP contribution is 2.24. The molecule has 0 aliphatic rings. The van der Waals surface area contributed by atoms with Crippen molar-refractivity contribution in [2.45, 2.75) is 51.5 Å². The first-order valence-corrected chi connectivity index (χ1v) is 11.1. The first kappa shape index (κ1) is 22.4. The highest BCUT2D eigenvalue weighted by molar-refractivity contribution is 7.09. The number of nitrogens with one attached hydrogen (secondary N) is 1. The summed E-state index contributed by atoms with van der Waals surface area (Å²) in [6.07, 6.45) is 3.83. The topological polar surface area (TPSA) is 62.3 Å². The molecule has 1 aromatic heterocycles. The molecule has 0 aliphatic carbocycles. The average molecular weight is 422 g/mol. The van der Waals surface area contributed by atoms with Gasteiger partial charge in [-0.25, -0.2) is 4.98 Å². The standard InChI is InChI=1S/C21H28ClN3O2S/c1-3-5-12-23-20(26)17-15-28-18(24-17)14-25(13-6-4-2)21(27)19(22)16-10-8-7-9-11-16/h7-11,15,19H,3-6,12-14H2,1-2H3,(H,23,26)/t19-/m1/s1. The van der Waals surface area contributed by atoms with E-state index in [9.17, 15) is 9.59 Å². The number of thiazole rings is 1. The number of carbonyl (C=O) groups excluding carboxylic acids is 2. The van der Waals surface area contributed by atoms with Gasteiger partial charge in [-0.1, -0.05) is 57.0 Å². The molecule has 0 radical (unpaired) electrons. The van der Waals surface area contributed by atoms with Crippen molar-refractivity contribution >= 4 is 34.8 Å². The number of hydrogen-bond acceptors (Lipinski definition) is 4. The van der Waals surface area contributed by atoms with Crippen LogP contribution in [0.4, 0.5) is 0 Å². The van der Waals surface area contributed by atoms with Gasteiger partial charge in [-0.15, -0.1) is 22.9 Å². The second-order valence-electron chi connectivity index (χ2n) is 6.62. The second-order valence-corrected chi connectivity index (χ2v) is 8.00. The number of nitrogens with zero attached hydrogens (tertiary/aromatic N) is 2. The summed E-state index contributed by atoms with van der Waals surface area (Å²) in [5.41, 5.74) is 1.19. The van der Waals surface area contributed by atoms with E-state index in [2.05, 4.69) is 24.1 Å². The van der Waals surface area contributed by atoms with Gasteiger partial charge in [0.2, 0.25) is 5.91 Å². The zero-order chi connectivity index (χ0) is 20.4. The number of amides is 2. The van der Waals surface area contributed by atoms with Crippen LogP contribution in [0.2, 0.25) is 0 Å². The second kappa shape index (κ2) is 11.8. The summed E-state index contributed by atoms with van der Waals surface area (Å²) in [4.78, 5) is 31.3. The number of aromatic nitrogens is 1. The largest absolute Gasteiger partial charge is 0.351 e. The maximum absolute atomic E-state index is 13.0. The van der Waals surface area contributed by atoms with Crippen molar-refractivity contribution in [3.8, 4) is 0 Å². The van der Waals surface area contributed by atoms with E-state index in [-0.39, 0.29) is 11.8 Å². The molecule has 1 N–H and O–H groups in total. The van der Waals surface area contributed by atoms with Crippen LogP contribution in [-0.4, -0.2) is 34.8 Å². The van der Waals surface area contributed by atoms with Crippen LogP contribution in [0.1, 0.15) is 66.0 Å². The summed E-state index contributed by atoms with van der Waals surface area (Å²) >= 11 is 7.85. The van der Waals surface area contributed by atoms with Crippen LogP contribution in [0.3, 0.4) is 0 Å². The van der Waals surface area contributed by atoms with Crippen molar-refractivity contribution in [1.29, 1.82) is 0 Å². The van der Waals surface area contributed by atoms with Gasteiger partial charge in [0.15, 0.2) is 0 Å². The fraction of sp³-hybridized carbons (Fsp3) is 0.476. The lowest BCUT2D eigenvalue weighted by Crippen LogP contribution is -2.34. The van der Waals surface area contributed by atoms with Crippen LogP contribution in [0.15, 0.2) is 35.7 Å². The van der Waals surface area contributed by atoms with E-state index >= 15 is 0 Å². The molecule has 0 saturated heterocycles. The fourth-order valence-corrected chi connectivity index (χ4v) is 3.73. The molecule has 1 aromatic carbocycles. The number of rotatable bonds is 11. The molecule has 2 rings (SSSR count). The van der Waals surface area contributed by atoms with Crippen LogP contribution in [0.5, 0.6) is 0 Å². The van der Waals surface area contributed by atoms with Gasteiger partial charge >= 0.3 is 0 Å². The molecule has 152 valence electrons. The summed E-state index contributed by atoms with van der Waals surface area (Å²) in [5, 5.41) is 4.62. The van der Waals surface area contributed by atoms with E-state index in [1.807, 2.05) is 30.3 Å². The van der Waals surface area contributed by atoms with E-state index < -0.39 is 5.38 Å². The zero-order valence-corrected chi connectivity index (χ0v) is 18.1. The molecular formula is C21H28ClN3O2S. The number of alkyl halides is 1. The third-order valence-corrected chi connectivity index (χ3v) is 5.60. The Bertz CT molecular complexity index is 751. The minimum atomic E-state index is -0.727. The highest BCUT2D eigenvalue weighted by Gasteiger charge is 2.24. The Morgan fingerprint density at radius 3 is 2.57 bits per heavy atom. The van der Waals surface area contributed by atoms with Crippen LogP contribution in [0.25, 0.3) is 0 Å². The number of benzene rings is 1. The zero-order valence-electron chi connectivity index (χ0n) is 16.5. The first-order chi connectivity index (χ1) is 13.6. The molecular weight excluding hydrogens is 394 g/mol. The minimum absolute atomic E-state index is 0.134. The first-order valence-electron chi connectivity index (χ1n) is 9.77. The lowest BCUT2D eigenvalue weighted by atomic mass is 10.1. The van der Waals surface area contributed by atoms with Crippen molar-refractivity contribution in [3.05, 3.63) is 52.0 Å². The monoisotopic (exact) mass is 421 g/mol. The summed E-state index contributed by atoms with van der Waals surface area (Å²) in [6, 6.07) is 9.36. The summed E-state index contributed by atoms with van der Waals surface area (Å²) < 4.78 is 0. The van der Waals surface area contributed by atoms with Crippen molar-refractivity contribution in [2.24, 2.45) is 0 Å². The minimum Gasteiger partial charge on any atom is -0.351 e. The fourth-order valence-electron chi connectivity index (χ4n) is 2.66.